The standard InChI is InChI=1S/C27H27ClN6O2/c1-17-6-9-29-19(12-17)15-34-24(32-23-25(34)30-16-31-26(23)36-27(2)7-8-27)20-5-4-18(13-21(20)28)14-22(35)33-10-3-11-33/h4-6,9,12-13,16H,3,7-8,10-11,14-15H2,1-2H3. The first-order valence-electron chi connectivity index (χ1n) is 12.3. The minimum atomic E-state index is -0.203. The third kappa shape index (κ3) is 4.41. The van der Waals surface area contributed by atoms with E-state index in [1.807, 2.05) is 46.7 Å². The molecule has 6 rings (SSSR count). The summed E-state index contributed by atoms with van der Waals surface area (Å²) in [5.41, 5.74) is 4.71. The van der Waals surface area contributed by atoms with Gasteiger partial charge in [0.05, 0.1) is 23.7 Å². The molecule has 36 heavy (non-hydrogen) atoms. The number of likely N-dealkylation sites (tertiary alicyclic amines) is 1. The van der Waals surface area contributed by atoms with Crippen molar-refractivity contribution in [1.82, 2.24) is 29.4 Å². The van der Waals surface area contributed by atoms with Crippen molar-refractivity contribution in [3.05, 3.63) is 64.7 Å². The van der Waals surface area contributed by atoms with Crippen LogP contribution in [0.25, 0.3) is 22.6 Å². The van der Waals surface area contributed by atoms with Crippen LogP contribution in [0.2, 0.25) is 5.02 Å². The number of nitrogens with zero attached hydrogens (tertiary/aromatic N) is 6. The van der Waals surface area contributed by atoms with Gasteiger partial charge in [-0.2, -0.15) is 4.98 Å². The number of hydrogen-bond acceptors (Lipinski definition) is 6. The first-order chi connectivity index (χ1) is 17.4. The van der Waals surface area contributed by atoms with Crippen molar-refractivity contribution in [3.8, 4) is 17.3 Å². The summed E-state index contributed by atoms with van der Waals surface area (Å²) in [4.78, 5) is 32.8. The lowest BCUT2D eigenvalue weighted by molar-refractivity contribution is -0.133. The second-order valence-electron chi connectivity index (χ2n) is 9.97. The summed E-state index contributed by atoms with van der Waals surface area (Å²) in [5.74, 6) is 1.27. The topological polar surface area (TPSA) is 86.0 Å². The highest BCUT2D eigenvalue weighted by molar-refractivity contribution is 6.33. The highest BCUT2D eigenvalue weighted by Crippen LogP contribution is 2.41. The number of halogens is 1. The third-order valence-electron chi connectivity index (χ3n) is 6.93. The molecule has 0 radical (unpaired) electrons. The summed E-state index contributed by atoms with van der Waals surface area (Å²) >= 11 is 6.80. The van der Waals surface area contributed by atoms with Crippen LogP contribution in [0.5, 0.6) is 5.88 Å². The van der Waals surface area contributed by atoms with Crippen molar-refractivity contribution in [3.63, 3.8) is 0 Å². The number of benzene rings is 1. The fourth-order valence-corrected chi connectivity index (χ4v) is 4.69. The molecule has 8 nitrogen and oxygen atoms in total. The molecule has 1 saturated carbocycles. The molecule has 2 aliphatic rings. The van der Waals surface area contributed by atoms with Crippen molar-refractivity contribution < 1.29 is 9.53 Å². The molecular weight excluding hydrogens is 476 g/mol. The van der Waals surface area contributed by atoms with E-state index in [1.165, 1.54) is 6.33 Å². The van der Waals surface area contributed by atoms with E-state index >= 15 is 0 Å². The largest absolute Gasteiger partial charge is 0.470 e. The van der Waals surface area contributed by atoms with Crippen molar-refractivity contribution in [2.75, 3.05) is 13.1 Å². The van der Waals surface area contributed by atoms with Gasteiger partial charge in [-0.1, -0.05) is 17.7 Å². The molecule has 2 fully saturated rings. The zero-order valence-corrected chi connectivity index (χ0v) is 21.1. The molecule has 1 aliphatic heterocycles. The van der Waals surface area contributed by atoms with E-state index in [0.717, 1.165) is 54.7 Å². The van der Waals surface area contributed by atoms with Gasteiger partial charge in [0.15, 0.2) is 11.2 Å². The Labute approximate surface area is 214 Å². The molecular formula is C27H27ClN6O2. The number of rotatable bonds is 7. The lowest BCUT2D eigenvalue weighted by atomic mass is 10.1. The molecule has 0 bridgehead atoms. The first-order valence-corrected chi connectivity index (χ1v) is 12.6. The Kier molecular flexibility index (Phi) is 5.63. The van der Waals surface area contributed by atoms with Crippen LogP contribution in [0.3, 0.4) is 0 Å². The fraction of sp³-hybridized carbons (Fsp3) is 0.370. The molecule has 0 atom stereocenters. The van der Waals surface area contributed by atoms with Gasteiger partial charge in [0, 0.05) is 24.8 Å². The highest BCUT2D eigenvalue weighted by atomic mass is 35.5. The average Bonchev–Trinajstić information content (AvgIpc) is 3.41. The van der Waals surface area contributed by atoms with Crippen molar-refractivity contribution in [2.45, 2.75) is 51.7 Å². The van der Waals surface area contributed by atoms with Gasteiger partial charge in [0.1, 0.15) is 17.8 Å². The Hall–Kier alpha value is -3.52. The normalized spacial score (nSPS) is 16.1. The number of hydrogen-bond donors (Lipinski definition) is 0. The van der Waals surface area contributed by atoms with Gasteiger partial charge < -0.3 is 14.2 Å². The Morgan fingerprint density at radius 1 is 1.14 bits per heavy atom. The van der Waals surface area contributed by atoms with Crippen LogP contribution in [-0.2, 0) is 17.8 Å². The lowest BCUT2D eigenvalue weighted by Crippen LogP contribution is -2.42. The van der Waals surface area contributed by atoms with Crippen LogP contribution in [-0.4, -0.2) is 54.0 Å². The van der Waals surface area contributed by atoms with E-state index in [2.05, 4.69) is 21.9 Å². The molecule has 184 valence electrons. The van der Waals surface area contributed by atoms with Crippen molar-refractivity contribution in [1.29, 1.82) is 0 Å². The molecule has 1 aromatic carbocycles. The molecule has 1 amide bonds. The van der Waals surface area contributed by atoms with E-state index < -0.39 is 0 Å². The number of aryl methyl sites for hydroxylation is 1. The average molecular weight is 503 g/mol. The van der Waals surface area contributed by atoms with E-state index in [9.17, 15) is 4.79 Å². The number of pyridine rings is 1. The van der Waals surface area contributed by atoms with Gasteiger partial charge in [-0.15, -0.1) is 0 Å². The Morgan fingerprint density at radius 2 is 1.97 bits per heavy atom. The molecule has 9 heteroatoms. The van der Waals surface area contributed by atoms with Crippen LogP contribution in [0, 0.1) is 6.92 Å². The van der Waals surface area contributed by atoms with Crippen molar-refractivity contribution in [2.24, 2.45) is 0 Å². The molecule has 4 aromatic rings. The second-order valence-corrected chi connectivity index (χ2v) is 10.4. The number of imidazole rings is 1. The van der Waals surface area contributed by atoms with Gasteiger partial charge >= 0.3 is 0 Å². The zero-order valence-electron chi connectivity index (χ0n) is 20.4. The van der Waals surface area contributed by atoms with Crippen LogP contribution in [0.15, 0.2) is 42.9 Å². The Bertz CT molecular complexity index is 1470. The summed E-state index contributed by atoms with van der Waals surface area (Å²) in [6.07, 6.45) is 6.71. The summed E-state index contributed by atoms with van der Waals surface area (Å²) < 4.78 is 8.22. The number of fused-ring (bicyclic) bond motifs is 1. The predicted molar refractivity (Wildman–Crippen MR) is 137 cm³/mol. The Morgan fingerprint density at radius 3 is 2.67 bits per heavy atom. The van der Waals surface area contributed by atoms with Crippen LogP contribution in [0.4, 0.5) is 0 Å². The zero-order chi connectivity index (χ0) is 24.9. The quantitative estimate of drug-likeness (QED) is 0.367. The maximum absolute atomic E-state index is 12.5. The van der Waals surface area contributed by atoms with E-state index in [0.29, 0.717) is 40.9 Å². The number of carbonyl (C=O) groups is 1. The molecule has 1 saturated heterocycles. The third-order valence-corrected chi connectivity index (χ3v) is 7.24. The fourth-order valence-electron chi connectivity index (χ4n) is 4.41. The van der Waals surface area contributed by atoms with Gasteiger partial charge in [0.25, 0.3) is 0 Å². The molecule has 0 spiro atoms. The summed E-state index contributed by atoms with van der Waals surface area (Å²) in [6, 6.07) is 9.75. The monoisotopic (exact) mass is 502 g/mol. The number of amides is 1. The van der Waals surface area contributed by atoms with Crippen molar-refractivity contribution >= 4 is 28.7 Å². The number of ether oxygens (including phenoxy) is 1. The van der Waals surface area contributed by atoms with Gasteiger partial charge in [-0.05, 0) is 68.5 Å². The molecule has 1 aliphatic carbocycles. The van der Waals surface area contributed by atoms with Crippen LogP contribution >= 0.6 is 11.6 Å². The van der Waals surface area contributed by atoms with E-state index in [1.54, 1.807) is 6.20 Å². The summed E-state index contributed by atoms with van der Waals surface area (Å²) in [5, 5.41) is 0.530. The predicted octanol–water partition coefficient (Wildman–Crippen LogP) is 4.60. The molecule has 0 N–H and O–H groups in total. The molecule has 4 heterocycles. The first kappa shape index (κ1) is 22.9. The van der Waals surface area contributed by atoms with Gasteiger partial charge in [0.2, 0.25) is 11.8 Å². The number of aromatic nitrogens is 5. The SMILES string of the molecule is Cc1ccnc(Cn2c(-c3ccc(CC(=O)N4CCC4)cc3Cl)nc3c(OC4(C)CC4)ncnc32)c1. The maximum atomic E-state index is 12.5. The van der Waals surface area contributed by atoms with Crippen LogP contribution < -0.4 is 4.74 Å². The Balaban J connectivity index is 1.42. The maximum Gasteiger partial charge on any atom is 0.245 e. The minimum Gasteiger partial charge on any atom is -0.470 e. The second kappa shape index (κ2) is 8.85. The molecule has 3 aromatic heterocycles. The van der Waals surface area contributed by atoms with Gasteiger partial charge in [-0.3, -0.25) is 9.78 Å². The smallest absolute Gasteiger partial charge is 0.245 e. The van der Waals surface area contributed by atoms with E-state index in [4.69, 9.17) is 21.3 Å². The highest BCUT2D eigenvalue weighted by Gasteiger charge is 2.41. The number of carbonyl (C=O) groups excluding carboxylic acids is 1. The van der Waals surface area contributed by atoms with Gasteiger partial charge in [-0.25, -0.2) is 9.97 Å². The van der Waals surface area contributed by atoms with E-state index in [-0.39, 0.29) is 11.5 Å². The lowest BCUT2D eigenvalue weighted by Gasteiger charge is -2.31. The van der Waals surface area contributed by atoms with Crippen LogP contribution in [0.1, 0.15) is 43.0 Å². The molecule has 0 unspecified atom stereocenters. The summed E-state index contributed by atoms with van der Waals surface area (Å²) in [7, 11) is 0. The summed E-state index contributed by atoms with van der Waals surface area (Å²) in [6.45, 7) is 6.26. The minimum absolute atomic E-state index is 0.133.